The van der Waals surface area contributed by atoms with Gasteiger partial charge in [-0.1, -0.05) is 24.3 Å². The van der Waals surface area contributed by atoms with Gasteiger partial charge in [0.15, 0.2) is 0 Å². The van der Waals surface area contributed by atoms with Crippen molar-refractivity contribution in [2.45, 2.75) is 18.4 Å². The summed E-state index contributed by atoms with van der Waals surface area (Å²) in [6, 6.07) is 7.93. The van der Waals surface area contributed by atoms with Crippen molar-refractivity contribution in [2.24, 2.45) is 10.7 Å². The summed E-state index contributed by atoms with van der Waals surface area (Å²) in [7, 11) is 0. The van der Waals surface area contributed by atoms with Crippen molar-refractivity contribution in [3.8, 4) is 0 Å². The molecule has 0 bridgehead atoms. The van der Waals surface area contributed by atoms with Gasteiger partial charge in [-0.05, 0) is 11.1 Å². The van der Waals surface area contributed by atoms with Crippen LogP contribution in [0.3, 0.4) is 0 Å². The molecule has 2 aliphatic rings. The van der Waals surface area contributed by atoms with E-state index in [-0.39, 0.29) is 11.9 Å². The molecule has 0 fully saturated rings. The molecule has 0 radical (unpaired) electrons. The number of benzene rings is 1. The molecule has 0 saturated carbocycles. The highest BCUT2D eigenvalue weighted by molar-refractivity contribution is 6.01. The largest absolute Gasteiger partial charge is 0.448 e. The Morgan fingerprint density at radius 1 is 1.27 bits per heavy atom. The summed E-state index contributed by atoms with van der Waals surface area (Å²) in [5.74, 6) is -0.254. The van der Waals surface area contributed by atoms with Gasteiger partial charge in [0, 0.05) is 12.8 Å². The number of fused-ring (bicyclic) bond motifs is 1. The van der Waals surface area contributed by atoms with E-state index in [2.05, 4.69) is 4.99 Å². The summed E-state index contributed by atoms with van der Waals surface area (Å²) in [5, 5.41) is 0. The number of hydrogen-bond acceptors (Lipinski definition) is 3. The third-order valence-electron chi connectivity index (χ3n) is 2.97. The van der Waals surface area contributed by atoms with Gasteiger partial charge in [-0.15, -0.1) is 0 Å². The Morgan fingerprint density at radius 2 is 1.87 bits per heavy atom. The molecular weight excluding hydrogens is 192 g/mol. The highest BCUT2D eigenvalue weighted by Gasteiger charge is 2.50. The van der Waals surface area contributed by atoms with Crippen LogP contribution >= 0.6 is 0 Å². The number of amidine groups is 1. The molecule has 0 atom stereocenters. The highest BCUT2D eigenvalue weighted by atomic mass is 16.5. The Bertz CT molecular complexity index is 454. The average molecular weight is 202 g/mol. The van der Waals surface area contributed by atoms with Crippen molar-refractivity contribution >= 4 is 11.9 Å². The zero-order valence-electron chi connectivity index (χ0n) is 8.06. The molecule has 4 nitrogen and oxygen atoms in total. The third-order valence-corrected chi connectivity index (χ3v) is 2.97. The predicted octanol–water partition coefficient (Wildman–Crippen LogP) is 0.395. The zero-order chi connectivity index (χ0) is 10.5. The SMILES string of the molecule is NC1=NC(=O)C2(Cc3ccccc3C2)O1. The molecule has 1 amide bonds. The van der Waals surface area contributed by atoms with Crippen molar-refractivity contribution in [2.75, 3.05) is 0 Å². The second kappa shape index (κ2) is 2.59. The first-order valence-electron chi connectivity index (χ1n) is 4.84. The van der Waals surface area contributed by atoms with E-state index in [1.165, 1.54) is 0 Å². The van der Waals surface area contributed by atoms with Crippen LogP contribution in [-0.2, 0) is 22.4 Å². The fourth-order valence-corrected chi connectivity index (χ4v) is 2.27. The molecule has 1 aliphatic carbocycles. The van der Waals surface area contributed by atoms with Crippen LogP contribution < -0.4 is 5.73 Å². The lowest BCUT2D eigenvalue weighted by molar-refractivity contribution is -0.130. The normalized spacial score (nSPS) is 21.3. The summed E-state index contributed by atoms with van der Waals surface area (Å²) >= 11 is 0. The molecule has 1 aliphatic heterocycles. The minimum Gasteiger partial charge on any atom is -0.448 e. The number of nitrogens with zero attached hydrogens (tertiary/aromatic N) is 1. The maximum Gasteiger partial charge on any atom is 0.295 e. The van der Waals surface area contributed by atoms with E-state index in [1.54, 1.807) is 0 Å². The van der Waals surface area contributed by atoms with Crippen LogP contribution in [0.15, 0.2) is 29.3 Å². The number of rotatable bonds is 0. The second-order valence-corrected chi connectivity index (χ2v) is 3.97. The molecule has 3 rings (SSSR count). The van der Waals surface area contributed by atoms with Gasteiger partial charge in [-0.2, -0.15) is 4.99 Å². The molecule has 0 saturated heterocycles. The fourth-order valence-electron chi connectivity index (χ4n) is 2.27. The fraction of sp³-hybridized carbons (Fsp3) is 0.273. The Labute approximate surface area is 86.8 Å². The Morgan fingerprint density at radius 3 is 2.33 bits per heavy atom. The number of hydrogen-bond donors (Lipinski definition) is 1. The van der Waals surface area contributed by atoms with Gasteiger partial charge < -0.3 is 10.5 Å². The van der Waals surface area contributed by atoms with Crippen LogP contribution in [0.1, 0.15) is 11.1 Å². The maximum atomic E-state index is 11.7. The molecular formula is C11H10N2O2. The highest BCUT2D eigenvalue weighted by Crippen LogP contribution is 2.36. The molecule has 1 aromatic rings. The number of aliphatic imine (C=N–C) groups is 1. The summed E-state index contributed by atoms with van der Waals surface area (Å²) in [6.45, 7) is 0. The van der Waals surface area contributed by atoms with Crippen LogP contribution in [0.4, 0.5) is 0 Å². The standard InChI is InChI=1S/C11H10N2O2/c12-10-13-9(14)11(15-10)5-7-3-1-2-4-8(7)6-11/h1-4H,5-6H2,(H2,12,13,14). The van der Waals surface area contributed by atoms with Crippen molar-refractivity contribution in [1.29, 1.82) is 0 Å². The third kappa shape index (κ3) is 1.08. The summed E-state index contributed by atoms with van der Waals surface area (Å²) in [5.41, 5.74) is 6.88. The molecule has 1 heterocycles. The smallest absolute Gasteiger partial charge is 0.295 e. The Balaban J connectivity index is 2.00. The second-order valence-electron chi connectivity index (χ2n) is 3.97. The zero-order valence-corrected chi connectivity index (χ0v) is 8.06. The molecule has 15 heavy (non-hydrogen) atoms. The lowest BCUT2D eigenvalue weighted by Crippen LogP contribution is -2.39. The quantitative estimate of drug-likeness (QED) is 0.662. The lowest BCUT2D eigenvalue weighted by Gasteiger charge is -2.18. The molecule has 2 N–H and O–H groups in total. The first-order valence-corrected chi connectivity index (χ1v) is 4.84. The van der Waals surface area contributed by atoms with Gasteiger partial charge in [0.1, 0.15) is 0 Å². The monoisotopic (exact) mass is 202 g/mol. The van der Waals surface area contributed by atoms with Gasteiger partial charge in [-0.25, -0.2) is 0 Å². The van der Waals surface area contributed by atoms with E-state index in [1.807, 2.05) is 24.3 Å². The summed E-state index contributed by atoms with van der Waals surface area (Å²) in [4.78, 5) is 15.3. The van der Waals surface area contributed by atoms with Crippen LogP contribution in [0.2, 0.25) is 0 Å². The van der Waals surface area contributed by atoms with Crippen molar-refractivity contribution < 1.29 is 9.53 Å². The first kappa shape index (κ1) is 8.47. The number of ether oxygens (including phenoxy) is 1. The van der Waals surface area contributed by atoms with Crippen LogP contribution in [-0.4, -0.2) is 17.5 Å². The lowest BCUT2D eigenvalue weighted by atomic mass is 10.0. The topological polar surface area (TPSA) is 64.7 Å². The van der Waals surface area contributed by atoms with Crippen molar-refractivity contribution in [1.82, 2.24) is 0 Å². The van der Waals surface area contributed by atoms with Crippen LogP contribution in [0.5, 0.6) is 0 Å². The van der Waals surface area contributed by atoms with E-state index >= 15 is 0 Å². The van der Waals surface area contributed by atoms with Crippen molar-refractivity contribution in [3.05, 3.63) is 35.4 Å². The van der Waals surface area contributed by atoms with Gasteiger partial charge in [0.2, 0.25) is 5.60 Å². The van der Waals surface area contributed by atoms with Gasteiger partial charge >= 0.3 is 0 Å². The summed E-state index contributed by atoms with van der Waals surface area (Å²) in [6.07, 6.45) is 1.15. The van der Waals surface area contributed by atoms with Gasteiger partial charge in [0.05, 0.1) is 0 Å². The number of nitrogens with two attached hydrogens (primary N) is 1. The molecule has 4 heteroatoms. The van der Waals surface area contributed by atoms with E-state index in [9.17, 15) is 4.79 Å². The molecule has 76 valence electrons. The van der Waals surface area contributed by atoms with Crippen LogP contribution in [0.25, 0.3) is 0 Å². The predicted molar refractivity (Wildman–Crippen MR) is 54.3 cm³/mol. The number of carbonyl (C=O) groups excluding carboxylic acids is 1. The number of carbonyl (C=O) groups is 1. The van der Waals surface area contributed by atoms with E-state index < -0.39 is 5.60 Å². The molecule has 1 spiro atoms. The summed E-state index contributed by atoms with van der Waals surface area (Å²) < 4.78 is 5.38. The van der Waals surface area contributed by atoms with Gasteiger partial charge in [0.25, 0.3) is 11.9 Å². The van der Waals surface area contributed by atoms with Crippen molar-refractivity contribution in [3.63, 3.8) is 0 Å². The van der Waals surface area contributed by atoms with E-state index in [0.29, 0.717) is 12.8 Å². The van der Waals surface area contributed by atoms with E-state index in [4.69, 9.17) is 10.5 Å². The first-order chi connectivity index (χ1) is 7.20. The maximum absolute atomic E-state index is 11.7. The van der Waals surface area contributed by atoms with Crippen LogP contribution in [0, 0.1) is 0 Å². The minimum absolute atomic E-state index is 0.00666. The number of amides is 1. The molecule has 1 aromatic carbocycles. The Kier molecular flexibility index (Phi) is 1.46. The van der Waals surface area contributed by atoms with Gasteiger partial charge in [-0.3, -0.25) is 4.79 Å². The minimum atomic E-state index is -0.840. The average Bonchev–Trinajstić information content (AvgIpc) is 2.67. The molecule has 0 unspecified atom stereocenters. The molecule has 0 aromatic heterocycles. The Hall–Kier alpha value is -1.84. The van der Waals surface area contributed by atoms with E-state index in [0.717, 1.165) is 11.1 Å².